The molecule has 7 nitrogen and oxygen atoms in total. The summed E-state index contributed by atoms with van der Waals surface area (Å²) in [5.41, 5.74) is 0. The van der Waals surface area contributed by atoms with Crippen LogP contribution in [-0.4, -0.2) is 36.3 Å². The molecule has 0 saturated carbocycles. The van der Waals surface area contributed by atoms with Gasteiger partial charge in [-0.25, -0.2) is 16.8 Å². The standard InChI is InChI=1S/C4H8O7S2.2Na/c1-3(5)2-4(12(6,7)8)13(9,10)11;;/h4H,2H2,1H3,(H,6,7,8)(H,9,10,11);;/q;2*+1/p-2. The molecular weight excluding hydrogens is 270 g/mol. The first-order chi connectivity index (χ1) is 5.55. The number of Topliss-reactive ketones (excluding diaryl/α,β-unsaturated/α-hetero) is 1. The Balaban J connectivity index is -0.000000720. The SMILES string of the molecule is CC(=O)CC(S(=O)(=O)[O-])S(=O)(=O)[O-].[Na+].[Na+]. The summed E-state index contributed by atoms with van der Waals surface area (Å²) in [4.78, 5) is 10.3. The molecule has 0 aromatic rings. The normalized spacial score (nSPS) is 11.5. The Hall–Kier alpha value is 1.49. The van der Waals surface area contributed by atoms with E-state index < -0.39 is 37.0 Å². The van der Waals surface area contributed by atoms with Crippen molar-refractivity contribution >= 4 is 26.0 Å². The molecule has 0 rings (SSSR count). The van der Waals surface area contributed by atoms with Crippen LogP contribution in [0.1, 0.15) is 13.3 Å². The summed E-state index contributed by atoms with van der Waals surface area (Å²) in [6.45, 7) is 0.878. The first kappa shape index (κ1) is 21.7. The Labute approximate surface area is 132 Å². The van der Waals surface area contributed by atoms with Crippen LogP contribution in [0.15, 0.2) is 0 Å². The molecule has 0 spiro atoms. The third-order valence-electron chi connectivity index (χ3n) is 1.10. The molecule has 0 heterocycles. The molecule has 0 aromatic heterocycles. The van der Waals surface area contributed by atoms with Crippen molar-refractivity contribution in [3.8, 4) is 0 Å². The zero-order valence-electron chi connectivity index (χ0n) is 8.46. The molecule has 0 radical (unpaired) electrons. The van der Waals surface area contributed by atoms with Crippen molar-refractivity contribution in [2.75, 3.05) is 0 Å². The molecule has 0 saturated heterocycles. The van der Waals surface area contributed by atoms with Crippen LogP contribution < -0.4 is 59.1 Å². The fraction of sp³-hybridized carbons (Fsp3) is 0.750. The monoisotopic (exact) mass is 276 g/mol. The summed E-state index contributed by atoms with van der Waals surface area (Å²) in [6, 6.07) is 0. The van der Waals surface area contributed by atoms with Gasteiger partial charge in [0.05, 0.1) is 0 Å². The van der Waals surface area contributed by atoms with Gasteiger partial charge >= 0.3 is 59.1 Å². The molecule has 0 aromatic carbocycles. The van der Waals surface area contributed by atoms with E-state index in [-0.39, 0.29) is 59.1 Å². The molecule has 0 unspecified atom stereocenters. The summed E-state index contributed by atoms with van der Waals surface area (Å²) >= 11 is 0. The largest absolute Gasteiger partial charge is 1.00 e. The fourth-order valence-electron chi connectivity index (χ4n) is 0.583. The summed E-state index contributed by atoms with van der Waals surface area (Å²) in [7, 11) is -10.6. The Morgan fingerprint density at radius 1 is 1.07 bits per heavy atom. The third-order valence-corrected chi connectivity index (χ3v) is 4.13. The van der Waals surface area contributed by atoms with E-state index in [1.165, 1.54) is 0 Å². The van der Waals surface area contributed by atoms with Crippen LogP contribution in [0.3, 0.4) is 0 Å². The topological polar surface area (TPSA) is 131 Å². The first-order valence-corrected chi connectivity index (χ1v) is 5.88. The molecule has 0 aliphatic carbocycles. The van der Waals surface area contributed by atoms with Gasteiger partial charge in [-0.05, 0) is 6.92 Å². The quantitative estimate of drug-likeness (QED) is 0.368. The molecule has 78 valence electrons. The summed E-state index contributed by atoms with van der Waals surface area (Å²) in [5, 5.41) is 0. The van der Waals surface area contributed by atoms with Crippen LogP contribution in [0, 0.1) is 0 Å². The fourth-order valence-corrected chi connectivity index (χ4v) is 2.62. The summed E-state index contributed by atoms with van der Waals surface area (Å²) in [6.07, 6.45) is -1.10. The van der Waals surface area contributed by atoms with Gasteiger partial charge in [0.1, 0.15) is 30.6 Å². The van der Waals surface area contributed by atoms with Gasteiger partial charge in [-0.15, -0.1) is 0 Å². The van der Waals surface area contributed by atoms with Crippen molar-refractivity contribution in [1.29, 1.82) is 0 Å². The van der Waals surface area contributed by atoms with E-state index in [0.717, 1.165) is 6.92 Å². The second-order valence-electron chi connectivity index (χ2n) is 2.32. The van der Waals surface area contributed by atoms with Gasteiger partial charge in [-0.2, -0.15) is 0 Å². The maximum atomic E-state index is 10.3. The molecule has 0 aliphatic rings. The van der Waals surface area contributed by atoms with Gasteiger partial charge in [0.2, 0.25) is 0 Å². The predicted octanol–water partition coefficient (Wildman–Crippen LogP) is -7.61. The Morgan fingerprint density at radius 2 is 1.33 bits per heavy atom. The maximum absolute atomic E-state index is 10.3. The summed E-state index contributed by atoms with van der Waals surface area (Å²) in [5.74, 6) is -0.858. The minimum Gasteiger partial charge on any atom is -0.747 e. The Morgan fingerprint density at radius 3 is 1.40 bits per heavy atom. The first-order valence-electron chi connectivity index (χ1n) is 2.94. The molecule has 0 fully saturated rings. The smallest absolute Gasteiger partial charge is 0.747 e. The molecule has 15 heavy (non-hydrogen) atoms. The second-order valence-corrected chi connectivity index (χ2v) is 5.73. The van der Waals surface area contributed by atoms with E-state index in [4.69, 9.17) is 0 Å². The maximum Gasteiger partial charge on any atom is 1.00 e. The van der Waals surface area contributed by atoms with Crippen LogP contribution in [0.2, 0.25) is 0 Å². The van der Waals surface area contributed by atoms with E-state index in [1.807, 2.05) is 0 Å². The van der Waals surface area contributed by atoms with E-state index in [0.29, 0.717) is 0 Å². The van der Waals surface area contributed by atoms with Crippen molar-refractivity contribution < 1.29 is 89.9 Å². The Bertz CT molecular complexity index is 365. The van der Waals surface area contributed by atoms with Crippen molar-refractivity contribution in [1.82, 2.24) is 0 Å². The number of hydrogen-bond acceptors (Lipinski definition) is 7. The van der Waals surface area contributed by atoms with Gasteiger partial charge in [-0.1, -0.05) is 0 Å². The molecule has 0 atom stereocenters. The van der Waals surface area contributed by atoms with Gasteiger partial charge in [-0.3, -0.25) is 4.79 Å². The molecular formula is C4H6Na2O7S2. The van der Waals surface area contributed by atoms with Gasteiger partial charge in [0.15, 0.2) is 0 Å². The predicted molar refractivity (Wildman–Crippen MR) is 38.5 cm³/mol. The van der Waals surface area contributed by atoms with Crippen molar-refractivity contribution in [2.45, 2.75) is 17.9 Å². The van der Waals surface area contributed by atoms with Gasteiger partial charge in [0, 0.05) is 6.42 Å². The average molecular weight is 276 g/mol. The molecule has 0 aliphatic heterocycles. The molecule has 11 heteroatoms. The van der Waals surface area contributed by atoms with Gasteiger partial charge in [0.25, 0.3) is 0 Å². The van der Waals surface area contributed by atoms with Crippen molar-refractivity contribution in [2.24, 2.45) is 0 Å². The number of carbonyl (C=O) groups excluding carboxylic acids is 1. The number of carbonyl (C=O) groups is 1. The van der Waals surface area contributed by atoms with E-state index in [9.17, 15) is 30.7 Å². The summed E-state index contributed by atoms with van der Waals surface area (Å²) < 4.78 is 58.6. The van der Waals surface area contributed by atoms with Gasteiger partial charge < -0.3 is 9.11 Å². The van der Waals surface area contributed by atoms with E-state index in [2.05, 4.69) is 0 Å². The number of rotatable bonds is 4. The minimum absolute atomic E-state index is 0. The van der Waals surface area contributed by atoms with Crippen molar-refractivity contribution in [3.63, 3.8) is 0 Å². The molecule has 0 N–H and O–H groups in total. The van der Waals surface area contributed by atoms with Crippen LogP contribution >= 0.6 is 0 Å². The third kappa shape index (κ3) is 9.22. The number of hydrogen-bond donors (Lipinski definition) is 0. The molecule has 0 bridgehead atoms. The van der Waals surface area contributed by atoms with E-state index in [1.54, 1.807) is 0 Å². The van der Waals surface area contributed by atoms with Crippen LogP contribution in [0.4, 0.5) is 0 Å². The zero-order chi connectivity index (χ0) is 10.9. The van der Waals surface area contributed by atoms with Crippen LogP contribution in [0.5, 0.6) is 0 Å². The average Bonchev–Trinajstić information content (AvgIpc) is 1.77. The molecule has 0 amide bonds. The van der Waals surface area contributed by atoms with Crippen LogP contribution in [-0.2, 0) is 25.0 Å². The zero-order valence-corrected chi connectivity index (χ0v) is 14.1. The van der Waals surface area contributed by atoms with E-state index >= 15 is 0 Å². The minimum atomic E-state index is -5.29. The number of ketones is 1. The Kier molecular flexibility index (Phi) is 11.2. The van der Waals surface area contributed by atoms with Crippen molar-refractivity contribution in [3.05, 3.63) is 0 Å². The second kappa shape index (κ2) is 7.75. The van der Waals surface area contributed by atoms with Crippen LogP contribution in [0.25, 0.3) is 0 Å².